The molecule has 0 aliphatic carbocycles. The van der Waals surface area contributed by atoms with Crippen LogP contribution in [0.4, 0.5) is 0 Å². The Morgan fingerprint density at radius 2 is 2.10 bits per heavy atom. The van der Waals surface area contributed by atoms with Gasteiger partial charge in [0.05, 0.1) is 17.6 Å². The molecule has 20 heavy (non-hydrogen) atoms. The second kappa shape index (κ2) is 6.78. The molecule has 0 spiro atoms. The molecule has 0 N–H and O–H groups in total. The molecule has 0 bridgehead atoms. The molecule has 1 aliphatic heterocycles. The molecule has 5 heteroatoms. The molecule has 0 aromatic heterocycles. The van der Waals surface area contributed by atoms with Crippen LogP contribution in [0.2, 0.25) is 0 Å². The molecule has 1 unspecified atom stereocenters. The maximum absolute atomic E-state index is 5.78. The van der Waals surface area contributed by atoms with Crippen LogP contribution in [0.5, 0.6) is 0 Å². The van der Waals surface area contributed by atoms with E-state index in [1.165, 1.54) is 23.8 Å². The van der Waals surface area contributed by atoms with Crippen LogP contribution in [0.1, 0.15) is 11.1 Å². The van der Waals surface area contributed by atoms with Gasteiger partial charge in [0, 0.05) is 6.26 Å². The third-order valence-corrected chi connectivity index (χ3v) is 3.87. The van der Waals surface area contributed by atoms with E-state index in [1.807, 2.05) is 43.7 Å². The van der Waals surface area contributed by atoms with Crippen LogP contribution in [-0.2, 0) is 9.02 Å². The highest BCUT2D eigenvalue weighted by atomic mass is 32.2. The van der Waals surface area contributed by atoms with Crippen LogP contribution in [0.3, 0.4) is 0 Å². The van der Waals surface area contributed by atoms with E-state index in [0.29, 0.717) is 5.76 Å². The normalized spacial score (nSPS) is 19.9. The summed E-state index contributed by atoms with van der Waals surface area (Å²) in [5.41, 5.74) is 3.49. The Hall–Kier alpha value is -1.51. The van der Waals surface area contributed by atoms with Crippen LogP contribution in [0.25, 0.3) is 5.57 Å². The molecule has 1 aromatic carbocycles. The van der Waals surface area contributed by atoms with E-state index < -0.39 is 0 Å². The SMILES string of the molecule is C#CC1=C(c2ccccc2C)/C(=N/OSC)C(SC)O1. The first-order valence-electron chi connectivity index (χ1n) is 5.97. The van der Waals surface area contributed by atoms with Crippen molar-refractivity contribution in [2.24, 2.45) is 5.16 Å². The van der Waals surface area contributed by atoms with Gasteiger partial charge < -0.3 is 9.02 Å². The second-order valence-corrected chi connectivity index (χ2v) is 5.45. The van der Waals surface area contributed by atoms with E-state index in [0.717, 1.165) is 22.4 Å². The quantitative estimate of drug-likeness (QED) is 0.482. The van der Waals surface area contributed by atoms with Crippen molar-refractivity contribution in [2.45, 2.75) is 12.4 Å². The van der Waals surface area contributed by atoms with Gasteiger partial charge in [-0.15, -0.1) is 18.2 Å². The van der Waals surface area contributed by atoms with Crippen molar-refractivity contribution in [3.63, 3.8) is 0 Å². The van der Waals surface area contributed by atoms with E-state index in [4.69, 9.17) is 15.4 Å². The van der Waals surface area contributed by atoms with E-state index >= 15 is 0 Å². The van der Waals surface area contributed by atoms with Crippen molar-refractivity contribution in [1.29, 1.82) is 0 Å². The average Bonchev–Trinajstić information content (AvgIpc) is 2.83. The Balaban J connectivity index is 2.55. The highest BCUT2D eigenvalue weighted by molar-refractivity contribution is 7.99. The Morgan fingerprint density at radius 3 is 2.70 bits per heavy atom. The first-order chi connectivity index (χ1) is 9.72. The Kier molecular flexibility index (Phi) is 5.05. The lowest BCUT2D eigenvalue weighted by Gasteiger charge is -2.10. The van der Waals surface area contributed by atoms with Crippen molar-refractivity contribution in [1.82, 2.24) is 0 Å². The molecule has 2 rings (SSSR count). The molecule has 0 saturated heterocycles. The Labute approximate surface area is 128 Å². The monoisotopic (exact) mass is 305 g/mol. The van der Waals surface area contributed by atoms with Crippen molar-refractivity contribution >= 4 is 35.1 Å². The fourth-order valence-corrected chi connectivity index (χ4v) is 2.73. The molecule has 0 amide bonds. The highest BCUT2D eigenvalue weighted by Gasteiger charge is 2.34. The largest absolute Gasteiger partial charge is 0.464 e. The number of hydrogen-bond donors (Lipinski definition) is 0. The number of oxime groups is 1. The maximum Gasteiger partial charge on any atom is 0.191 e. The summed E-state index contributed by atoms with van der Waals surface area (Å²) in [6.07, 6.45) is 9.34. The number of thioether (sulfide) groups is 1. The third-order valence-electron chi connectivity index (χ3n) is 2.90. The van der Waals surface area contributed by atoms with Gasteiger partial charge in [-0.2, -0.15) is 0 Å². The molecule has 104 valence electrons. The maximum atomic E-state index is 5.78. The van der Waals surface area contributed by atoms with Gasteiger partial charge in [0.1, 0.15) is 5.71 Å². The topological polar surface area (TPSA) is 30.8 Å². The van der Waals surface area contributed by atoms with Crippen LogP contribution in [0, 0.1) is 19.3 Å². The minimum absolute atomic E-state index is 0.234. The van der Waals surface area contributed by atoms with E-state index in [-0.39, 0.29) is 5.44 Å². The van der Waals surface area contributed by atoms with Crippen LogP contribution in [0.15, 0.2) is 35.2 Å². The summed E-state index contributed by atoms with van der Waals surface area (Å²) in [5, 5.41) is 4.17. The number of terminal acetylenes is 1. The van der Waals surface area contributed by atoms with Gasteiger partial charge >= 0.3 is 0 Å². The standard InChI is InChI=1S/C15H15NO2S2/c1-5-12-13(11-9-7-6-8-10(11)2)14(16-18-20-4)15(17-12)19-3/h1,6-9,15H,2-4H3/b16-14-. The van der Waals surface area contributed by atoms with E-state index in [1.54, 1.807) is 0 Å². The van der Waals surface area contributed by atoms with Gasteiger partial charge in [0.2, 0.25) is 0 Å². The second-order valence-electron chi connectivity index (χ2n) is 4.07. The number of nitrogens with zero attached hydrogens (tertiary/aromatic N) is 1. The first kappa shape index (κ1) is 14.9. The summed E-state index contributed by atoms with van der Waals surface area (Å²) >= 11 is 2.72. The lowest BCUT2D eigenvalue weighted by Crippen LogP contribution is -2.14. The summed E-state index contributed by atoms with van der Waals surface area (Å²) in [4.78, 5) is 0. The predicted octanol–water partition coefficient (Wildman–Crippen LogP) is 3.71. The third kappa shape index (κ3) is 2.82. The minimum atomic E-state index is -0.234. The molecule has 3 nitrogen and oxygen atoms in total. The van der Waals surface area contributed by atoms with Crippen LogP contribution >= 0.6 is 23.8 Å². The Bertz CT molecular complexity index is 602. The molecule has 1 aromatic rings. The van der Waals surface area contributed by atoms with Crippen LogP contribution in [-0.4, -0.2) is 23.7 Å². The smallest absolute Gasteiger partial charge is 0.191 e. The summed E-state index contributed by atoms with van der Waals surface area (Å²) in [5.74, 6) is 3.13. The highest BCUT2D eigenvalue weighted by Crippen LogP contribution is 2.36. The van der Waals surface area contributed by atoms with E-state index in [9.17, 15) is 0 Å². The molecule has 1 heterocycles. The zero-order valence-electron chi connectivity index (χ0n) is 11.5. The number of ether oxygens (including phenoxy) is 1. The number of rotatable bonds is 4. The number of benzene rings is 1. The fourth-order valence-electron chi connectivity index (χ4n) is 2.00. The Morgan fingerprint density at radius 1 is 1.35 bits per heavy atom. The summed E-state index contributed by atoms with van der Waals surface area (Å²) in [6, 6.07) is 8.02. The van der Waals surface area contributed by atoms with Gasteiger partial charge in [0.15, 0.2) is 11.2 Å². The minimum Gasteiger partial charge on any atom is -0.464 e. The molecule has 0 fully saturated rings. The van der Waals surface area contributed by atoms with Gasteiger partial charge in [-0.1, -0.05) is 29.4 Å². The fraction of sp³-hybridized carbons (Fsp3) is 0.267. The molecule has 0 saturated carbocycles. The van der Waals surface area contributed by atoms with Gasteiger partial charge in [-0.05, 0) is 30.2 Å². The molecular weight excluding hydrogens is 290 g/mol. The predicted molar refractivity (Wildman–Crippen MR) is 87.4 cm³/mol. The molecule has 1 aliphatic rings. The average molecular weight is 305 g/mol. The van der Waals surface area contributed by atoms with Crippen molar-refractivity contribution < 1.29 is 9.02 Å². The first-order valence-corrected chi connectivity index (χ1v) is 8.41. The van der Waals surface area contributed by atoms with Gasteiger partial charge in [-0.25, -0.2) is 0 Å². The van der Waals surface area contributed by atoms with Gasteiger partial charge in [-0.3, -0.25) is 0 Å². The lowest BCUT2D eigenvalue weighted by molar-refractivity contribution is 0.263. The lowest BCUT2D eigenvalue weighted by atomic mass is 9.97. The van der Waals surface area contributed by atoms with Crippen LogP contribution < -0.4 is 0 Å². The van der Waals surface area contributed by atoms with E-state index in [2.05, 4.69) is 11.1 Å². The number of aryl methyl sites for hydroxylation is 1. The van der Waals surface area contributed by atoms with Crippen molar-refractivity contribution in [2.75, 3.05) is 12.5 Å². The van der Waals surface area contributed by atoms with Gasteiger partial charge in [0.25, 0.3) is 0 Å². The number of hydrogen-bond acceptors (Lipinski definition) is 5. The number of allylic oxidation sites excluding steroid dienone is 1. The summed E-state index contributed by atoms with van der Waals surface area (Å²) in [6.45, 7) is 2.04. The molecular formula is C15H15NO2S2. The molecule has 1 atom stereocenters. The van der Waals surface area contributed by atoms with Crippen molar-refractivity contribution in [3.05, 3.63) is 41.2 Å². The summed E-state index contributed by atoms with van der Waals surface area (Å²) < 4.78 is 10.9. The zero-order chi connectivity index (χ0) is 14.5. The molecule has 0 radical (unpaired) electrons. The van der Waals surface area contributed by atoms with Crippen molar-refractivity contribution in [3.8, 4) is 12.3 Å². The zero-order valence-corrected chi connectivity index (χ0v) is 13.2. The summed E-state index contributed by atoms with van der Waals surface area (Å²) in [7, 11) is 0.